The molecule has 0 bridgehead atoms. The van der Waals surface area contributed by atoms with E-state index in [0.29, 0.717) is 18.1 Å². The van der Waals surface area contributed by atoms with Gasteiger partial charge in [0.1, 0.15) is 5.82 Å². The molecule has 0 fully saturated rings. The van der Waals surface area contributed by atoms with Gasteiger partial charge in [-0.15, -0.1) is 0 Å². The summed E-state index contributed by atoms with van der Waals surface area (Å²) in [6, 6.07) is 15.9. The minimum atomic E-state index is -0.281. The Morgan fingerprint density at radius 3 is 2.42 bits per heavy atom. The molecule has 1 heterocycles. The highest BCUT2D eigenvalue weighted by Crippen LogP contribution is 2.17. The molecule has 3 rings (SSSR count). The Balaban J connectivity index is 1.82. The number of benzene rings is 2. The van der Waals surface area contributed by atoms with E-state index in [2.05, 4.69) is 10.1 Å². The Morgan fingerprint density at radius 1 is 0.947 bits per heavy atom. The van der Waals surface area contributed by atoms with E-state index < -0.39 is 0 Å². The first-order valence-electron chi connectivity index (χ1n) is 5.94. The van der Waals surface area contributed by atoms with Crippen LogP contribution in [0, 0.1) is 5.82 Å². The van der Waals surface area contributed by atoms with Crippen molar-refractivity contribution in [2.24, 2.45) is 0 Å². The first-order chi connectivity index (χ1) is 9.31. The number of nitrogens with zero attached hydrogens (tertiary/aromatic N) is 2. The molecule has 0 saturated heterocycles. The van der Waals surface area contributed by atoms with Crippen LogP contribution in [0.25, 0.3) is 11.4 Å². The fourth-order valence-corrected chi connectivity index (χ4v) is 1.81. The average Bonchev–Trinajstić information content (AvgIpc) is 2.89. The summed E-state index contributed by atoms with van der Waals surface area (Å²) < 4.78 is 18.0. The Labute approximate surface area is 109 Å². The molecule has 3 nitrogen and oxygen atoms in total. The van der Waals surface area contributed by atoms with Crippen molar-refractivity contribution in [2.75, 3.05) is 0 Å². The normalized spacial score (nSPS) is 10.6. The quantitative estimate of drug-likeness (QED) is 0.718. The van der Waals surface area contributed by atoms with Crippen LogP contribution in [-0.4, -0.2) is 10.1 Å². The summed E-state index contributed by atoms with van der Waals surface area (Å²) in [5.41, 5.74) is 1.85. The van der Waals surface area contributed by atoms with Crippen LogP contribution in [-0.2, 0) is 6.42 Å². The van der Waals surface area contributed by atoms with Crippen LogP contribution < -0.4 is 0 Å². The van der Waals surface area contributed by atoms with Crippen LogP contribution >= 0.6 is 0 Å². The molecule has 0 aliphatic rings. The maximum atomic E-state index is 12.8. The Morgan fingerprint density at radius 2 is 1.68 bits per heavy atom. The number of hydrogen-bond donors (Lipinski definition) is 0. The molecule has 19 heavy (non-hydrogen) atoms. The monoisotopic (exact) mass is 254 g/mol. The highest BCUT2D eigenvalue weighted by Gasteiger charge is 2.09. The smallest absolute Gasteiger partial charge is 0.231 e. The van der Waals surface area contributed by atoms with Crippen LogP contribution in [0.4, 0.5) is 4.39 Å². The maximum absolute atomic E-state index is 12.8. The summed E-state index contributed by atoms with van der Waals surface area (Å²) in [5.74, 6) is 0.744. The molecule has 0 unspecified atom stereocenters. The van der Waals surface area contributed by atoms with Gasteiger partial charge >= 0.3 is 0 Å². The first-order valence-corrected chi connectivity index (χ1v) is 5.94. The van der Waals surface area contributed by atoms with Crippen molar-refractivity contribution in [3.63, 3.8) is 0 Å². The maximum Gasteiger partial charge on any atom is 0.231 e. The third-order valence-electron chi connectivity index (χ3n) is 2.77. The summed E-state index contributed by atoms with van der Waals surface area (Å²) in [7, 11) is 0. The number of hydrogen-bond acceptors (Lipinski definition) is 3. The molecular formula is C15H11FN2O. The van der Waals surface area contributed by atoms with Crippen molar-refractivity contribution >= 4 is 0 Å². The molecule has 4 heteroatoms. The summed E-state index contributed by atoms with van der Waals surface area (Å²) in [4.78, 5) is 4.31. The van der Waals surface area contributed by atoms with Gasteiger partial charge in [-0.1, -0.05) is 35.5 Å². The molecule has 0 aliphatic carbocycles. The van der Waals surface area contributed by atoms with Gasteiger partial charge in [-0.05, 0) is 29.8 Å². The van der Waals surface area contributed by atoms with Gasteiger partial charge in [0.25, 0.3) is 0 Å². The second-order valence-electron chi connectivity index (χ2n) is 4.18. The molecule has 3 aromatic rings. The fraction of sp³-hybridized carbons (Fsp3) is 0.0667. The lowest BCUT2D eigenvalue weighted by Crippen LogP contribution is -1.88. The molecule has 0 amide bonds. The van der Waals surface area contributed by atoms with Crippen LogP contribution in [0.3, 0.4) is 0 Å². The molecule has 0 radical (unpaired) electrons. The second kappa shape index (κ2) is 5.02. The highest BCUT2D eigenvalue weighted by molar-refractivity contribution is 5.53. The van der Waals surface area contributed by atoms with E-state index in [4.69, 9.17) is 4.52 Å². The van der Waals surface area contributed by atoms with E-state index in [0.717, 1.165) is 11.1 Å². The van der Waals surface area contributed by atoms with E-state index in [1.165, 1.54) is 12.1 Å². The fourth-order valence-electron chi connectivity index (χ4n) is 1.81. The summed E-state index contributed by atoms with van der Waals surface area (Å²) in [5, 5.41) is 3.90. The molecule has 1 aromatic heterocycles. The van der Waals surface area contributed by atoms with Gasteiger partial charge in [0.15, 0.2) is 0 Å². The standard InChI is InChI=1S/C15H11FN2O/c16-13-8-6-12(7-9-13)15-17-14(19-18-15)10-11-4-2-1-3-5-11/h1-9H,10H2. The second-order valence-corrected chi connectivity index (χ2v) is 4.18. The zero-order chi connectivity index (χ0) is 13.1. The Bertz CT molecular complexity index is 662. The molecule has 0 atom stereocenters. The minimum absolute atomic E-state index is 0.281. The number of aromatic nitrogens is 2. The number of rotatable bonds is 3. The van der Waals surface area contributed by atoms with Crippen LogP contribution in [0.2, 0.25) is 0 Å². The Kier molecular flexibility index (Phi) is 3.06. The molecule has 94 valence electrons. The molecule has 2 aromatic carbocycles. The van der Waals surface area contributed by atoms with Gasteiger partial charge < -0.3 is 4.52 Å². The molecule has 0 saturated carbocycles. The van der Waals surface area contributed by atoms with Gasteiger partial charge in [-0.3, -0.25) is 0 Å². The molecular weight excluding hydrogens is 243 g/mol. The van der Waals surface area contributed by atoms with Gasteiger partial charge in [-0.2, -0.15) is 4.98 Å². The Hall–Kier alpha value is -2.49. The summed E-state index contributed by atoms with van der Waals surface area (Å²) in [6.07, 6.45) is 0.592. The third-order valence-corrected chi connectivity index (χ3v) is 2.77. The van der Waals surface area contributed by atoms with Crippen molar-refractivity contribution in [3.8, 4) is 11.4 Å². The molecule has 0 aliphatic heterocycles. The van der Waals surface area contributed by atoms with Crippen molar-refractivity contribution in [1.82, 2.24) is 10.1 Å². The van der Waals surface area contributed by atoms with E-state index in [-0.39, 0.29) is 5.82 Å². The first kappa shape index (κ1) is 11.6. The lowest BCUT2D eigenvalue weighted by atomic mass is 10.1. The SMILES string of the molecule is Fc1ccc(-c2noc(Cc3ccccc3)n2)cc1. The number of halogens is 1. The van der Waals surface area contributed by atoms with Gasteiger partial charge in [0.2, 0.25) is 11.7 Å². The van der Waals surface area contributed by atoms with Crippen molar-refractivity contribution < 1.29 is 8.91 Å². The molecule has 0 N–H and O–H groups in total. The van der Waals surface area contributed by atoms with Crippen LogP contribution in [0.15, 0.2) is 59.1 Å². The van der Waals surface area contributed by atoms with Crippen LogP contribution in [0.5, 0.6) is 0 Å². The predicted octanol–water partition coefficient (Wildman–Crippen LogP) is 3.47. The van der Waals surface area contributed by atoms with Crippen molar-refractivity contribution in [2.45, 2.75) is 6.42 Å². The topological polar surface area (TPSA) is 38.9 Å². The van der Waals surface area contributed by atoms with Crippen molar-refractivity contribution in [1.29, 1.82) is 0 Å². The summed E-state index contributed by atoms with van der Waals surface area (Å²) in [6.45, 7) is 0. The zero-order valence-electron chi connectivity index (χ0n) is 10.1. The van der Waals surface area contributed by atoms with E-state index in [9.17, 15) is 4.39 Å². The third kappa shape index (κ3) is 2.68. The minimum Gasteiger partial charge on any atom is -0.339 e. The zero-order valence-corrected chi connectivity index (χ0v) is 10.1. The van der Waals surface area contributed by atoms with E-state index >= 15 is 0 Å². The van der Waals surface area contributed by atoms with Gasteiger partial charge in [0, 0.05) is 5.56 Å². The highest BCUT2D eigenvalue weighted by atomic mass is 19.1. The average molecular weight is 254 g/mol. The van der Waals surface area contributed by atoms with Crippen molar-refractivity contribution in [3.05, 3.63) is 71.9 Å². The van der Waals surface area contributed by atoms with Crippen LogP contribution in [0.1, 0.15) is 11.5 Å². The van der Waals surface area contributed by atoms with Gasteiger partial charge in [0.05, 0.1) is 6.42 Å². The predicted molar refractivity (Wildman–Crippen MR) is 68.9 cm³/mol. The lowest BCUT2D eigenvalue weighted by molar-refractivity contribution is 0.385. The lowest BCUT2D eigenvalue weighted by Gasteiger charge is -1.94. The van der Waals surface area contributed by atoms with Gasteiger partial charge in [-0.25, -0.2) is 4.39 Å². The summed E-state index contributed by atoms with van der Waals surface area (Å²) >= 11 is 0. The van der Waals surface area contributed by atoms with E-state index in [1.807, 2.05) is 30.3 Å². The molecule has 0 spiro atoms. The largest absolute Gasteiger partial charge is 0.339 e. The van der Waals surface area contributed by atoms with E-state index in [1.54, 1.807) is 12.1 Å².